The maximum atomic E-state index is 11.9. The molecule has 0 spiro atoms. The fourth-order valence-corrected chi connectivity index (χ4v) is 2.07. The Morgan fingerprint density at radius 3 is 2.38 bits per heavy atom. The first-order valence-corrected chi connectivity index (χ1v) is 7.07. The van der Waals surface area contributed by atoms with Crippen molar-refractivity contribution in [2.24, 2.45) is 0 Å². The molecular formula is C16H23NO4. The summed E-state index contributed by atoms with van der Waals surface area (Å²) in [5.41, 5.74) is 2.32. The lowest BCUT2D eigenvalue weighted by molar-refractivity contribution is -0.143. The van der Waals surface area contributed by atoms with Gasteiger partial charge in [-0.05, 0) is 23.5 Å². The Labute approximate surface area is 125 Å². The Bertz CT molecular complexity index is 470. The van der Waals surface area contributed by atoms with E-state index < -0.39 is 12.0 Å². The van der Waals surface area contributed by atoms with Crippen molar-refractivity contribution < 1.29 is 19.4 Å². The van der Waals surface area contributed by atoms with Gasteiger partial charge in [-0.25, -0.2) is 4.79 Å². The SMILES string of the molecule is CCc1ccc(C(C)CC(=O)NC(COC)C(=O)O)cc1. The van der Waals surface area contributed by atoms with Gasteiger partial charge < -0.3 is 15.2 Å². The summed E-state index contributed by atoms with van der Waals surface area (Å²) in [5.74, 6) is -1.34. The molecule has 2 unspecified atom stereocenters. The lowest BCUT2D eigenvalue weighted by Gasteiger charge is -2.16. The quantitative estimate of drug-likeness (QED) is 0.768. The average Bonchev–Trinajstić information content (AvgIpc) is 2.46. The Morgan fingerprint density at radius 1 is 1.29 bits per heavy atom. The van der Waals surface area contributed by atoms with Crippen LogP contribution in [0, 0.1) is 0 Å². The highest BCUT2D eigenvalue weighted by molar-refractivity contribution is 5.84. The summed E-state index contributed by atoms with van der Waals surface area (Å²) in [4.78, 5) is 22.9. The third-order valence-electron chi connectivity index (χ3n) is 3.42. The Balaban J connectivity index is 2.58. The van der Waals surface area contributed by atoms with Gasteiger partial charge in [0.25, 0.3) is 0 Å². The molecule has 0 aliphatic rings. The van der Waals surface area contributed by atoms with E-state index in [1.54, 1.807) is 0 Å². The molecule has 0 bridgehead atoms. The van der Waals surface area contributed by atoms with Crippen molar-refractivity contribution in [1.82, 2.24) is 5.32 Å². The molecule has 0 aliphatic heterocycles. The summed E-state index contributed by atoms with van der Waals surface area (Å²) in [6.45, 7) is 4.00. The van der Waals surface area contributed by atoms with E-state index in [-0.39, 0.29) is 24.9 Å². The van der Waals surface area contributed by atoms with Crippen molar-refractivity contribution in [3.8, 4) is 0 Å². The van der Waals surface area contributed by atoms with Gasteiger partial charge in [-0.1, -0.05) is 38.1 Å². The van der Waals surface area contributed by atoms with E-state index in [1.807, 2.05) is 19.1 Å². The molecule has 0 aliphatic carbocycles. The molecule has 2 atom stereocenters. The van der Waals surface area contributed by atoms with Gasteiger partial charge in [0.05, 0.1) is 6.61 Å². The topological polar surface area (TPSA) is 75.6 Å². The zero-order valence-corrected chi connectivity index (χ0v) is 12.8. The van der Waals surface area contributed by atoms with E-state index >= 15 is 0 Å². The third-order valence-corrected chi connectivity index (χ3v) is 3.42. The number of carbonyl (C=O) groups excluding carboxylic acids is 1. The minimum absolute atomic E-state index is 0.0351. The highest BCUT2D eigenvalue weighted by atomic mass is 16.5. The number of aliphatic carboxylic acids is 1. The van der Waals surface area contributed by atoms with Gasteiger partial charge in [-0.3, -0.25) is 4.79 Å². The zero-order valence-electron chi connectivity index (χ0n) is 12.8. The molecule has 0 fully saturated rings. The van der Waals surface area contributed by atoms with Crippen LogP contribution in [0.3, 0.4) is 0 Å². The second kappa shape index (κ2) is 8.42. The molecule has 0 saturated heterocycles. The number of methoxy groups -OCH3 is 1. The minimum atomic E-state index is -1.09. The second-order valence-electron chi connectivity index (χ2n) is 5.11. The van der Waals surface area contributed by atoms with Crippen molar-refractivity contribution in [2.45, 2.75) is 38.6 Å². The first-order valence-electron chi connectivity index (χ1n) is 7.07. The van der Waals surface area contributed by atoms with E-state index in [4.69, 9.17) is 9.84 Å². The first-order chi connectivity index (χ1) is 9.97. The van der Waals surface area contributed by atoms with Crippen LogP contribution in [0.2, 0.25) is 0 Å². The van der Waals surface area contributed by atoms with Gasteiger partial charge in [-0.15, -0.1) is 0 Å². The van der Waals surface area contributed by atoms with Crippen molar-refractivity contribution in [3.63, 3.8) is 0 Å². The maximum Gasteiger partial charge on any atom is 0.328 e. The van der Waals surface area contributed by atoms with Crippen LogP contribution < -0.4 is 5.32 Å². The largest absolute Gasteiger partial charge is 0.480 e. The predicted molar refractivity (Wildman–Crippen MR) is 80.3 cm³/mol. The molecule has 0 aromatic heterocycles. The number of ether oxygens (including phenoxy) is 1. The molecule has 1 amide bonds. The second-order valence-corrected chi connectivity index (χ2v) is 5.11. The number of carboxylic acid groups (broad SMARTS) is 1. The number of amides is 1. The van der Waals surface area contributed by atoms with Crippen LogP contribution in [0.25, 0.3) is 0 Å². The van der Waals surface area contributed by atoms with Crippen LogP contribution >= 0.6 is 0 Å². The van der Waals surface area contributed by atoms with Crippen LogP contribution in [0.4, 0.5) is 0 Å². The standard InChI is InChI=1S/C16H23NO4/c1-4-12-5-7-13(8-6-12)11(2)9-15(18)17-14(10-21-3)16(19)20/h5-8,11,14H,4,9-10H2,1-3H3,(H,17,18)(H,19,20). The van der Waals surface area contributed by atoms with Gasteiger partial charge in [0, 0.05) is 13.5 Å². The molecule has 21 heavy (non-hydrogen) atoms. The van der Waals surface area contributed by atoms with E-state index in [1.165, 1.54) is 12.7 Å². The fraction of sp³-hybridized carbons (Fsp3) is 0.500. The van der Waals surface area contributed by atoms with Crippen LogP contribution in [-0.4, -0.2) is 36.7 Å². The summed E-state index contributed by atoms with van der Waals surface area (Å²) < 4.78 is 4.79. The monoisotopic (exact) mass is 293 g/mol. The fourth-order valence-electron chi connectivity index (χ4n) is 2.07. The number of aryl methyl sites for hydroxylation is 1. The molecule has 1 aromatic rings. The lowest BCUT2D eigenvalue weighted by atomic mass is 9.96. The molecule has 2 N–H and O–H groups in total. The normalized spacial score (nSPS) is 13.5. The van der Waals surface area contributed by atoms with Gasteiger partial charge in [0.1, 0.15) is 0 Å². The molecule has 0 heterocycles. The number of hydrogen-bond donors (Lipinski definition) is 2. The number of rotatable bonds is 8. The zero-order chi connectivity index (χ0) is 15.8. The molecule has 116 valence electrons. The van der Waals surface area contributed by atoms with Crippen LogP contribution in [0.5, 0.6) is 0 Å². The highest BCUT2D eigenvalue weighted by Gasteiger charge is 2.21. The van der Waals surface area contributed by atoms with Gasteiger partial charge in [0.15, 0.2) is 6.04 Å². The molecule has 5 nitrogen and oxygen atoms in total. The first kappa shape index (κ1) is 17.2. The summed E-state index contributed by atoms with van der Waals surface area (Å²) >= 11 is 0. The smallest absolute Gasteiger partial charge is 0.328 e. The number of carbonyl (C=O) groups is 2. The van der Waals surface area contributed by atoms with Crippen molar-refractivity contribution in [1.29, 1.82) is 0 Å². The summed E-state index contributed by atoms with van der Waals surface area (Å²) in [5, 5.41) is 11.4. The van der Waals surface area contributed by atoms with Gasteiger partial charge in [-0.2, -0.15) is 0 Å². The molecule has 1 aromatic carbocycles. The predicted octanol–water partition coefficient (Wildman–Crippen LogP) is 1.96. The Morgan fingerprint density at radius 2 is 1.90 bits per heavy atom. The third kappa shape index (κ3) is 5.55. The molecule has 1 rings (SSSR count). The minimum Gasteiger partial charge on any atom is -0.480 e. The molecule has 0 saturated carbocycles. The number of benzene rings is 1. The van der Waals surface area contributed by atoms with E-state index in [0.29, 0.717) is 0 Å². The maximum absolute atomic E-state index is 11.9. The van der Waals surface area contributed by atoms with E-state index in [0.717, 1.165) is 12.0 Å². The summed E-state index contributed by atoms with van der Waals surface area (Å²) in [6, 6.07) is 7.13. The number of nitrogens with one attached hydrogen (secondary N) is 1. The summed E-state index contributed by atoms with van der Waals surface area (Å²) in [6.07, 6.45) is 1.23. The van der Waals surface area contributed by atoms with Crippen LogP contribution in [-0.2, 0) is 20.7 Å². The Kier molecular flexibility index (Phi) is 6.88. The Hall–Kier alpha value is -1.88. The highest BCUT2D eigenvalue weighted by Crippen LogP contribution is 2.19. The van der Waals surface area contributed by atoms with Gasteiger partial charge >= 0.3 is 5.97 Å². The van der Waals surface area contributed by atoms with E-state index in [9.17, 15) is 9.59 Å². The summed E-state index contributed by atoms with van der Waals surface area (Å²) in [7, 11) is 1.40. The van der Waals surface area contributed by atoms with Crippen molar-refractivity contribution in [2.75, 3.05) is 13.7 Å². The average molecular weight is 293 g/mol. The van der Waals surface area contributed by atoms with Crippen molar-refractivity contribution >= 4 is 11.9 Å². The lowest BCUT2D eigenvalue weighted by Crippen LogP contribution is -2.44. The number of hydrogen-bond acceptors (Lipinski definition) is 3. The molecular weight excluding hydrogens is 270 g/mol. The van der Waals surface area contributed by atoms with Crippen molar-refractivity contribution in [3.05, 3.63) is 35.4 Å². The van der Waals surface area contributed by atoms with Crippen LogP contribution in [0.15, 0.2) is 24.3 Å². The van der Waals surface area contributed by atoms with Crippen LogP contribution in [0.1, 0.15) is 37.3 Å². The van der Waals surface area contributed by atoms with E-state index in [2.05, 4.69) is 24.4 Å². The number of carboxylic acids is 1. The van der Waals surface area contributed by atoms with Gasteiger partial charge in [0.2, 0.25) is 5.91 Å². The molecule has 5 heteroatoms. The molecule has 0 radical (unpaired) electrons.